The molecule has 1 aromatic carbocycles. The molecular formula is C14H13ClN2O2S. The molecule has 6 heteroatoms. The fourth-order valence-corrected chi connectivity index (χ4v) is 2.89. The highest BCUT2D eigenvalue weighted by Crippen LogP contribution is 2.41. The van der Waals surface area contributed by atoms with Gasteiger partial charge in [0, 0.05) is 16.3 Å². The lowest BCUT2D eigenvalue weighted by Crippen LogP contribution is -2.13. The molecule has 1 fully saturated rings. The molecule has 2 aromatic rings. The Morgan fingerprint density at radius 1 is 1.50 bits per heavy atom. The lowest BCUT2D eigenvalue weighted by atomic mass is 10.2. The quantitative estimate of drug-likeness (QED) is 0.931. The van der Waals surface area contributed by atoms with Gasteiger partial charge in [0.1, 0.15) is 5.75 Å². The molecule has 0 unspecified atom stereocenters. The summed E-state index contributed by atoms with van der Waals surface area (Å²) in [5, 5.41) is 5.90. The van der Waals surface area contributed by atoms with Gasteiger partial charge >= 0.3 is 0 Å². The number of thiazole rings is 1. The number of carbonyl (C=O) groups is 1. The van der Waals surface area contributed by atoms with E-state index >= 15 is 0 Å². The molecule has 0 saturated heterocycles. The maximum Gasteiger partial charge on any atom is 0.261 e. The third-order valence-electron chi connectivity index (χ3n) is 3.14. The second-order valence-corrected chi connectivity index (χ2v) is 5.95. The van der Waals surface area contributed by atoms with Gasteiger partial charge in [-0.05, 0) is 31.0 Å². The first-order valence-electron chi connectivity index (χ1n) is 6.27. The minimum atomic E-state index is -0.263. The highest BCUT2D eigenvalue weighted by Gasteiger charge is 2.26. The van der Waals surface area contributed by atoms with E-state index in [-0.39, 0.29) is 5.91 Å². The standard InChI is InChI=1S/C14H13ClN2O2S/c1-19-12-5-4-9(15)6-10(12)13(18)17-14-16-11(7-20-14)8-2-3-8/h4-8H,2-3H2,1H3,(H,16,17,18). The number of anilines is 1. The number of aromatic nitrogens is 1. The summed E-state index contributed by atoms with van der Waals surface area (Å²) in [6.07, 6.45) is 2.39. The van der Waals surface area contributed by atoms with E-state index in [1.54, 1.807) is 18.2 Å². The number of ether oxygens (including phenoxy) is 1. The molecule has 0 bridgehead atoms. The lowest BCUT2D eigenvalue weighted by molar-refractivity contribution is 0.102. The highest BCUT2D eigenvalue weighted by molar-refractivity contribution is 7.14. The van der Waals surface area contributed by atoms with Crippen LogP contribution >= 0.6 is 22.9 Å². The predicted octanol–water partition coefficient (Wildman–Crippen LogP) is 3.93. The smallest absolute Gasteiger partial charge is 0.261 e. The average molecular weight is 309 g/mol. The van der Waals surface area contributed by atoms with Gasteiger partial charge in [0.2, 0.25) is 0 Å². The number of hydrogen-bond acceptors (Lipinski definition) is 4. The van der Waals surface area contributed by atoms with Crippen molar-refractivity contribution in [1.29, 1.82) is 0 Å². The van der Waals surface area contributed by atoms with E-state index in [1.165, 1.54) is 31.3 Å². The van der Waals surface area contributed by atoms with E-state index in [0.29, 0.717) is 27.4 Å². The second kappa shape index (κ2) is 5.42. The molecule has 0 aliphatic heterocycles. The molecule has 1 amide bonds. The summed E-state index contributed by atoms with van der Waals surface area (Å²) in [4.78, 5) is 16.7. The van der Waals surface area contributed by atoms with Crippen molar-refractivity contribution in [3.8, 4) is 5.75 Å². The van der Waals surface area contributed by atoms with Crippen molar-refractivity contribution in [2.75, 3.05) is 12.4 Å². The van der Waals surface area contributed by atoms with Crippen LogP contribution in [0.3, 0.4) is 0 Å². The average Bonchev–Trinajstić information content (AvgIpc) is 3.19. The SMILES string of the molecule is COc1ccc(Cl)cc1C(=O)Nc1nc(C2CC2)cs1. The Bertz CT molecular complexity index is 652. The summed E-state index contributed by atoms with van der Waals surface area (Å²) in [5.41, 5.74) is 1.48. The van der Waals surface area contributed by atoms with Gasteiger partial charge in [-0.1, -0.05) is 11.6 Å². The van der Waals surface area contributed by atoms with E-state index in [1.807, 2.05) is 5.38 Å². The molecule has 1 saturated carbocycles. The first kappa shape index (κ1) is 13.4. The molecule has 0 radical (unpaired) electrons. The lowest BCUT2D eigenvalue weighted by Gasteiger charge is -2.08. The van der Waals surface area contributed by atoms with Crippen LogP contribution in [0.5, 0.6) is 5.75 Å². The largest absolute Gasteiger partial charge is 0.496 e. The molecule has 104 valence electrons. The van der Waals surface area contributed by atoms with Crippen molar-refractivity contribution >= 4 is 34.0 Å². The van der Waals surface area contributed by atoms with E-state index in [4.69, 9.17) is 16.3 Å². The zero-order valence-electron chi connectivity index (χ0n) is 10.9. The van der Waals surface area contributed by atoms with Crippen molar-refractivity contribution in [2.24, 2.45) is 0 Å². The van der Waals surface area contributed by atoms with E-state index < -0.39 is 0 Å². The first-order chi connectivity index (χ1) is 9.67. The van der Waals surface area contributed by atoms with Crippen LogP contribution in [0.25, 0.3) is 0 Å². The van der Waals surface area contributed by atoms with Gasteiger partial charge in [-0.15, -0.1) is 11.3 Å². The molecule has 20 heavy (non-hydrogen) atoms. The minimum absolute atomic E-state index is 0.263. The third-order valence-corrected chi connectivity index (χ3v) is 4.16. The zero-order chi connectivity index (χ0) is 14.1. The fraction of sp³-hybridized carbons (Fsp3) is 0.286. The maximum atomic E-state index is 12.3. The number of nitrogens with zero attached hydrogens (tertiary/aromatic N) is 1. The molecule has 0 atom stereocenters. The summed E-state index contributed by atoms with van der Waals surface area (Å²) in [7, 11) is 1.52. The molecule has 1 aliphatic carbocycles. The minimum Gasteiger partial charge on any atom is -0.496 e. The molecule has 3 rings (SSSR count). The van der Waals surface area contributed by atoms with E-state index in [0.717, 1.165) is 5.69 Å². The maximum absolute atomic E-state index is 12.3. The summed E-state index contributed by atoms with van der Waals surface area (Å²) >= 11 is 7.37. The van der Waals surface area contributed by atoms with Crippen LogP contribution < -0.4 is 10.1 Å². The third kappa shape index (κ3) is 2.78. The number of halogens is 1. The Labute approximate surface area is 125 Å². The van der Waals surface area contributed by atoms with Crippen molar-refractivity contribution in [3.05, 3.63) is 39.9 Å². The van der Waals surface area contributed by atoms with Crippen molar-refractivity contribution in [1.82, 2.24) is 4.98 Å². The number of benzene rings is 1. The topological polar surface area (TPSA) is 51.2 Å². The van der Waals surface area contributed by atoms with Crippen LogP contribution in [0.15, 0.2) is 23.6 Å². The van der Waals surface area contributed by atoms with Gasteiger partial charge in [0.25, 0.3) is 5.91 Å². The monoisotopic (exact) mass is 308 g/mol. The predicted molar refractivity (Wildman–Crippen MR) is 80.0 cm³/mol. The van der Waals surface area contributed by atoms with Crippen LogP contribution in [0.1, 0.15) is 34.8 Å². The van der Waals surface area contributed by atoms with Crippen molar-refractivity contribution in [2.45, 2.75) is 18.8 Å². The number of amides is 1. The van der Waals surface area contributed by atoms with Gasteiger partial charge in [-0.25, -0.2) is 4.98 Å². The van der Waals surface area contributed by atoms with Crippen LogP contribution in [0, 0.1) is 0 Å². The molecule has 1 aromatic heterocycles. The van der Waals surface area contributed by atoms with Crippen LogP contribution in [-0.2, 0) is 0 Å². The highest BCUT2D eigenvalue weighted by atomic mass is 35.5. The van der Waals surface area contributed by atoms with Gasteiger partial charge < -0.3 is 4.74 Å². The van der Waals surface area contributed by atoms with Crippen molar-refractivity contribution in [3.63, 3.8) is 0 Å². The molecule has 1 N–H and O–H groups in total. The molecule has 4 nitrogen and oxygen atoms in total. The Hall–Kier alpha value is -1.59. The Balaban J connectivity index is 1.79. The zero-order valence-corrected chi connectivity index (χ0v) is 12.4. The van der Waals surface area contributed by atoms with Gasteiger partial charge in [0.15, 0.2) is 5.13 Å². The van der Waals surface area contributed by atoms with Gasteiger partial charge in [-0.3, -0.25) is 10.1 Å². The molecule has 0 spiro atoms. The van der Waals surface area contributed by atoms with Crippen LogP contribution in [-0.4, -0.2) is 18.0 Å². The Kier molecular flexibility index (Phi) is 3.63. The van der Waals surface area contributed by atoms with E-state index in [2.05, 4.69) is 10.3 Å². The summed E-state index contributed by atoms with van der Waals surface area (Å²) in [5.74, 6) is 0.810. The number of hydrogen-bond donors (Lipinski definition) is 1. The summed E-state index contributed by atoms with van der Waals surface area (Å²) < 4.78 is 5.18. The number of methoxy groups -OCH3 is 1. The fourth-order valence-electron chi connectivity index (χ4n) is 1.93. The summed E-state index contributed by atoms with van der Waals surface area (Å²) in [6.45, 7) is 0. The van der Waals surface area contributed by atoms with Crippen LogP contribution in [0.4, 0.5) is 5.13 Å². The van der Waals surface area contributed by atoms with Crippen molar-refractivity contribution < 1.29 is 9.53 Å². The van der Waals surface area contributed by atoms with Gasteiger partial charge in [-0.2, -0.15) is 0 Å². The molecule has 1 heterocycles. The second-order valence-electron chi connectivity index (χ2n) is 4.65. The number of rotatable bonds is 4. The Morgan fingerprint density at radius 3 is 3.00 bits per heavy atom. The summed E-state index contributed by atoms with van der Waals surface area (Å²) in [6, 6.07) is 4.95. The normalized spacial score (nSPS) is 14.1. The first-order valence-corrected chi connectivity index (χ1v) is 7.53. The molecule has 1 aliphatic rings. The molecular weight excluding hydrogens is 296 g/mol. The number of carbonyl (C=O) groups excluding carboxylic acids is 1. The number of nitrogens with one attached hydrogen (secondary N) is 1. The van der Waals surface area contributed by atoms with Crippen LogP contribution in [0.2, 0.25) is 5.02 Å². The Morgan fingerprint density at radius 2 is 2.30 bits per heavy atom. The van der Waals surface area contributed by atoms with E-state index in [9.17, 15) is 4.79 Å². The van der Waals surface area contributed by atoms with Gasteiger partial charge in [0.05, 0.1) is 18.4 Å².